The van der Waals surface area contributed by atoms with Crippen LogP contribution in [0.3, 0.4) is 0 Å². The average Bonchev–Trinajstić information content (AvgIpc) is 3.00. The zero-order valence-corrected chi connectivity index (χ0v) is 19.1. The molecule has 2 aromatic carbocycles. The molecule has 31 heavy (non-hydrogen) atoms. The predicted molar refractivity (Wildman–Crippen MR) is 121 cm³/mol. The molecule has 2 N–H and O–H groups in total. The third-order valence-corrected chi connectivity index (χ3v) is 7.27. The summed E-state index contributed by atoms with van der Waals surface area (Å²) in [5.41, 5.74) is 8.03. The summed E-state index contributed by atoms with van der Waals surface area (Å²) in [5.74, 6) is 0. The minimum Gasteiger partial charge on any atom is -0.379 e. The number of nitrogens with zero attached hydrogens (tertiary/aromatic N) is 2. The molecule has 0 amide bonds. The molecular weight excluding hydrogens is 412 g/mol. The predicted octanol–water partition coefficient (Wildman–Crippen LogP) is 2.53. The highest BCUT2D eigenvalue weighted by molar-refractivity contribution is 7.89. The van der Waals surface area contributed by atoms with Crippen LogP contribution in [0.5, 0.6) is 0 Å². The summed E-state index contributed by atoms with van der Waals surface area (Å²) >= 11 is 0. The van der Waals surface area contributed by atoms with Gasteiger partial charge in [-0.15, -0.1) is 0 Å². The maximum atomic E-state index is 12.9. The molecule has 1 saturated heterocycles. The summed E-state index contributed by atoms with van der Waals surface area (Å²) in [6.07, 6.45) is 0. The molecule has 4 rings (SSSR count). The van der Waals surface area contributed by atoms with Crippen LogP contribution in [0.1, 0.15) is 19.4 Å². The Hall–Kier alpha value is -2.39. The number of ether oxygens (including phenoxy) is 1. The van der Waals surface area contributed by atoms with Crippen molar-refractivity contribution in [3.05, 3.63) is 65.5 Å². The van der Waals surface area contributed by atoms with E-state index in [1.807, 2.05) is 38.0 Å². The lowest BCUT2D eigenvalue weighted by Crippen LogP contribution is -2.35. The molecule has 2 aromatic rings. The van der Waals surface area contributed by atoms with Crippen molar-refractivity contribution < 1.29 is 13.2 Å². The van der Waals surface area contributed by atoms with Crippen molar-refractivity contribution in [3.8, 4) is 11.1 Å². The fourth-order valence-electron chi connectivity index (χ4n) is 4.01. The van der Waals surface area contributed by atoms with Gasteiger partial charge in [-0.25, -0.2) is 13.8 Å². The van der Waals surface area contributed by atoms with Gasteiger partial charge in [0.05, 0.1) is 29.8 Å². The standard InChI is InChI=1S/C23H30N4O3S/c1-17-23(18(2)26(3)24-17)25-31(28,29)22-9-7-20(8-10-22)21-6-4-5-19(15-21)16-27-11-13-30-14-12-27/h4-10,15,17,24-25H,11-14,16H2,1-3H3. The number of rotatable bonds is 6. The first-order valence-corrected chi connectivity index (χ1v) is 12.0. The van der Waals surface area contributed by atoms with Crippen molar-refractivity contribution in [2.45, 2.75) is 31.3 Å². The van der Waals surface area contributed by atoms with Crippen LogP contribution in [0.2, 0.25) is 0 Å². The summed E-state index contributed by atoms with van der Waals surface area (Å²) < 4.78 is 34.0. The van der Waals surface area contributed by atoms with Crippen molar-refractivity contribution in [1.82, 2.24) is 20.1 Å². The molecule has 7 nitrogen and oxygen atoms in total. The number of hydrogen-bond acceptors (Lipinski definition) is 6. The van der Waals surface area contributed by atoms with Crippen LogP contribution in [-0.4, -0.2) is 57.7 Å². The molecule has 2 aliphatic rings. The zero-order chi connectivity index (χ0) is 22.0. The SMILES string of the molecule is CC1=C(NS(=O)(=O)c2ccc(-c3cccc(CN4CCOCC4)c3)cc2)C(C)NN1C. The largest absolute Gasteiger partial charge is 0.379 e. The van der Waals surface area contributed by atoms with E-state index < -0.39 is 10.0 Å². The summed E-state index contributed by atoms with van der Waals surface area (Å²) in [6.45, 7) is 8.17. The van der Waals surface area contributed by atoms with Gasteiger partial charge in [-0.1, -0.05) is 30.3 Å². The Bertz CT molecular complexity index is 1060. The van der Waals surface area contributed by atoms with Crippen molar-refractivity contribution in [2.24, 2.45) is 0 Å². The van der Waals surface area contributed by atoms with Crippen LogP contribution in [0, 0.1) is 0 Å². The number of benzene rings is 2. The minimum atomic E-state index is -3.65. The Morgan fingerprint density at radius 2 is 1.81 bits per heavy atom. The number of morpholine rings is 1. The lowest BCUT2D eigenvalue weighted by Gasteiger charge is -2.26. The molecule has 0 aliphatic carbocycles. The van der Waals surface area contributed by atoms with Crippen molar-refractivity contribution >= 4 is 10.0 Å². The lowest BCUT2D eigenvalue weighted by atomic mass is 10.0. The van der Waals surface area contributed by atoms with E-state index >= 15 is 0 Å². The quantitative estimate of drug-likeness (QED) is 0.716. The third-order valence-electron chi connectivity index (χ3n) is 5.89. The van der Waals surface area contributed by atoms with Gasteiger partial charge in [-0.05, 0) is 48.7 Å². The number of hydrazine groups is 1. The first-order valence-electron chi connectivity index (χ1n) is 10.6. The minimum absolute atomic E-state index is 0.0896. The highest BCUT2D eigenvalue weighted by Gasteiger charge is 2.27. The van der Waals surface area contributed by atoms with Gasteiger partial charge in [0.25, 0.3) is 10.0 Å². The van der Waals surface area contributed by atoms with Crippen LogP contribution >= 0.6 is 0 Å². The monoisotopic (exact) mass is 442 g/mol. The third kappa shape index (κ3) is 4.93. The molecule has 8 heteroatoms. The second kappa shape index (κ2) is 9.00. The van der Waals surface area contributed by atoms with Gasteiger partial charge in [0.2, 0.25) is 0 Å². The Morgan fingerprint density at radius 3 is 2.45 bits per heavy atom. The van der Waals surface area contributed by atoms with E-state index in [1.54, 1.807) is 12.1 Å². The van der Waals surface area contributed by atoms with Crippen LogP contribution in [-0.2, 0) is 21.3 Å². The fourth-order valence-corrected chi connectivity index (χ4v) is 5.23. The summed E-state index contributed by atoms with van der Waals surface area (Å²) in [5, 5.41) is 1.83. The van der Waals surface area contributed by atoms with E-state index in [9.17, 15) is 8.42 Å². The van der Waals surface area contributed by atoms with E-state index in [0.29, 0.717) is 5.70 Å². The fraction of sp³-hybridized carbons (Fsp3) is 0.391. The number of nitrogens with one attached hydrogen (secondary N) is 2. The zero-order valence-electron chi connectivity index (χ0n) is 18.3. The van der Waals surface area contributed by atoms with Crippen LogP contribution in [0.4, 0.5) is 0 Å². The number of hydrogen-bond donors (Lipinski definition) is 2. The molecule has 166 valence electrons. The van der Waals surface area contributed by atoms with Crippen molar-refractivity contribution in [3.63, 3.8) is 0 Å². The molecule has 0 spiro atoms. The summed E-state index contributed by atoms with van der Waals surface area (Å²) in [6, 6.07) is 15.4. The summed E-state index contributed by atoms with van der Waals surface area (Å²) in [7, 11) is -1.78. The Balaban J connectivity index is 1.50. The van der Waals surface area contributed by atoms with E-state index in [-0.39, 0.29) is 10.9 Å². The molecular formula is C23H30N4O3S. The van der Waals surface area contributed by atoms with Crippen molar-refractivity contribution in [2.75, 3.05) is 33.4 Å². The molecule has 2 heterocycles. The average molecular weight is 443 g/mol. The number of sulfonamides is 1. The molecule has 0 radical (unpaired) electrons. The highest BCUT2D eigenvalue weighted by Crippen LogP contribution is 2.24. The molecule has 0 aromatic heterocycles. The first kappa shape index (κ1) is 21.8. The van der Waals surface area contributed by atoms with Crippen LogP contribution in [0.25, 0.3) is 11.1 Å². The Kier molecular flexibility index (Phi) is 6.34. The van der Waals surface area contributed by atoms with E-state index in [4.69, 9.17) is 4.74 Å². The lowest BCUT2D eigenvalue weighted by molar-refractivity contribution is 0.0342. The van der Waals surface area contributed by atoms with E-state index in [1.165, 1.54) is 5.56 Å². The maximum absolute atomic E-state index is 12.9. The van der Waals surface area contributed by atoms with Gasteiger partial charge < -0.3 is 9.75 Å². The molecule has 1 atom stereocenters. The first-order chi connectivity index (χ1) is 14.8. The van der Waals surface area contributed by atoms with Gasteiger partial charge in [0.1, 0.15) is 0 Å². The normalized spacial score (nSPS) is 20.4. The molecule has 0 saturated carbocycles. The summed E-state index contributed by atoms with van der Waals surface area (Å²) in [4.78, 5) is 2.64. The second-order valence-corrected chi connectivity index (χ2v) is 9.81. The van der Waals surface area contributed by atoms with Gasteiger partial charge in [0.15, 0.2) is 0 Å². The van der Waals surface area contributed by atoms with E-state index in [2.05, 4.69) is 39.3 Å². The van der Waals surface area contributed by atoms with Gasteiger partial charge in [0, 0.05) is 32.4 Å². The molecule has 1 fully saturated rings. The van der Waals surface area contributed by atoms with Crippen molar-refractivity contribution in [1.29, 1.82) is 0 Å². The molecule has 2 aliphatic heterocycles. The van der Waals surface area contributed by atoms with Crippen LogP contribution < -0.4 is 10.1 Å². The smallest absolute Gasteiger partial charge is 0.261 e. The van der Waals surface area contributed by atoms with Gasteiger partial charge >= 0.3 is 0 Å². The molecule has 0 bridgehead atoms. The topological polar surface area (TPSA) is 73.9 Å². The number of allylic oxidation sites excluding steroid dienone is 1. The van der Waals surface area contributed by atoms with E-state index in [0.717, 1.165) is 49.7 Å². The maximum Gasteiger partial charge on any atom is 0.261 e. The Labute approximate surface area is 184 Å². The van der Waals surface area contributed by atoms with Gasteiger partial charge in [-0.3, -0.25) is 9.62 Å². The highest BCUT2D eigenvalue weighted by atomic mass is 32.2. The second-order valence-electron chi connectivity index (χ2n) is 8.13. The molecule has 1 unspecified atom stereocenters. The van der Waals surface area contributed by atoms with Crippen LogP contribution in [0.15, 0.2) is 64.8 Å². The van der Waals surface area contributed by atoms with Gasteiger partial charge in [-0.2, -0.15) is 0 Å². The Morgan fingerprint density at radius 1 is 1.10 bits per heavy atom.